The van der Waals surface area contributed by atoms with Gasteiger partial charge in [0, 0.05) is 30.7 Å². The van der Waals surface area contributed by atoms with E-state index in [1.165, 1.54) is 0 Å². The number of hydrogen-bond donors (Lipinski definition) is 3. The molecule has 0 bridgehead atoms. The molecular formula is C23H28N6O2. The molecule has 3 N–H and O–H groups in total. The fraction of sp³-hybridized carbons (Fsp3) is 0.391. The molecule has 2 aromatic heterocycles. The van der Waals surface area contributed by atoms with Gasteiger partial charge >= 0.3 is 0 Å². The van der Waals surface area contributed by atoms with Gasteiger partial charge in [0.25, 0.3) is 0 Å². The Balaban J connectivity index is 1.29. The number of benzene rings is 2. The van der Waals surface area contributed by atoms with Crippen LogP contribution in [-0.4, -0.2) is 71.1 Å². The molecule has 0 spiro atoms. The lowest BCUT2D eigenvalue weighted by atomic mass is 10.2. The molecule has 31 heavy (non-hydrogen) atoms. The highest BCUT2D eigenvalue weighted by atomic mass is 16.5. The van der Waals surface area contributed by atoms with Crippen LogP contribution in [0.25, 0.3) is 33.5 Å². The Labute approximate surface area is 180 Å². The van der Waals surface area contributed by atoms with Crippen LogP contribution in [0.3, 0.4) is 0 Å². The fourth-order valence-corrected chi connectivity index (χ4v) is 4.02. The highest BCUT2D eigenvalue weighted by Gasteiger charge is 2.14. The molecule has 0 radical (unpaired) electrons. The maximum Gasteiger partial charge on any atom is 0.159 e. The summed E-state index contributed by atoms with van der Waals surface area (Å²) in [4.78, 5) is 10.6. The Hall–Kier alpha value is -3.10. The summed E-state index contributed by atoms with van der Waals surface area (Å²) in [6.45, 7) is 8.43. The first kappa shape index (κ1) is 19.8. The van der Waals surface area contributed by atoms with Gasteiger partial charge in [0.2, 0.25) is 0 Å². The number of ether oxygens (including phenoxy) is 2. The Morgan fingerprint density at radius 2 is 2.03 bits per heavy atom. The van der Waals surface area contributed by atoms with E-state index in [2.05, 4.69) is 37.5 Å². The molecule has 1 aliphatic rings. The van der Waals surface area contributed by atoms with E-state index in [1.54, 1.807) is 0 Å². The summed E-state index contributed by atoms with van der Waals surface area (Å²) in [6.07, 6.45) is 1.10. The molecule has 0 aliphatic carbocycles. The molecule has 8 nitrogen and oxygen atoms in total. The van der Waals surface area contributed by atoms with E-state index in [0.29, 0.717) is 6.61 Å². The van der Waals surface area contributed by atoms with Crippen LogP contribution in [0.15, 0.2) is 36.4 Å². The number of nitrogens with zero attached hydrogens (tertiary/aromatic N) is 3. The van der Waals surface area contributed by atoms with Crippen molar-refractivity contribution in [1.29, 1.82) is 0 Å². The molecule has 1 aliphatic heterocycles. The molecule has 1 fully saturated rings. The minimum atomic E-state index is 0.631. The quantitative estimate of drug-likeness (QED) is 0.377. The number of imidazole rings is 1. The molecule has 2 aromatic carbocycles. The van der Waals surface area contributed by atoms with Crippen molar-refractivity contribution < 1.29 is 9.47 Å². The van der Waals surface area contributed by atoms with E-state index in [4.69, 9.17) is 14.5 Å². The van der Waals surface area contributed by atoms with Gasteiger partial charge in [-0.05, 0) is 56.3 Å². The molecule has 5 rings (SSSR count). The minimum absolute atomic E-state index is 0.631. The molecule has 1 saturated heterocycles. The largest absolute Gasteiger partial charge is 0.494 e. The summed E-state index contributed by atoms with van der Waals surface area (Å²) in [7, 11) is 0. The lowest BCUT2D eigenvalue weighted by Crippen LogP contribution is -2.37. The van der Waals surface area contributed by atoms with Crippen molar-refractivity contribution in [1.82, 2.24) is 25.1 Å². The van der Waals surface area contributed by atoms with Gasteiger partial charge in [-0.15, -0.1) is 0 Å². The maximum absolute atomic E-state index is 5.64. The van der Waals surface area contributed by atoms with Crippen LogP contribution in [0.1, 0.15) is 13.3 Å². The van der Waals surface area contributed by atoms with Crippen molar-refractivity contribution >= 4 is 27.6 Å². The van der Waals surface area contributed by atoms with Crippen molar-refractivity contribution in [2.75, 3.05) is 51.3 Å². The Bertz CT molecular complexity index is 1160. The Morgan fingerprint density at radius 3 is 2.90 bits per heavy atom. The second kappa shape index (κ2) is 8.95. The maximum atomic E-state index is 5.64. The average Bonchev–Trinajstić information content (AvgIpc) is 3.41. The van der Waals surface area contributed by atoms with Gasteiger partial charge in [-0.3, -0.25) is 10.00 Å². The predicted octanol–water partition coefficient (Wildman–Crippen LogP) is 3.64. The predicted molar refractivity (Wildman–Crippen MR) is 123 cm³/mol. The van der Waals surface area contributed by atoms with E-state index in [0.717, 1.165) is 90.7 Å². The topological polar surface area (TPSA) is 91.1 Å². The van der Waals surface area contributed by atoms with Gasteiger partial charge in [0.1, 0.15) is 11.4 Å². The van der Waals surface area contributed by atoms with E-state index < -0.39 is 0 Å². The van der Waals surface area contributed by atoms with Gasteiger partial charge in [0.15, 0.2) is 5.82 Å². The number of H-pyrrole nitrogens is 2. The van der Waals surface area contributed by atoms with Crippen LogP contribution < -0.4 is 10.1 Å². The second-order valence-electron chi connectivity index (χ2n) is 7.76. The number of rotatable bonds is 8. The van der Waals surface area contributed by atoms with Crippen molar-refractivity contribution in [2.24, 2.45) is 0 Å². The summed E-state index contributed by atoms with van der Waals surface area (Å²) in [6, 6.07) is 12.2. The number of aromatic nitrogens is 4. The van der Waals surface area contributed by atoms with Gasteiger partial charge < -0.3 is 19.8 Å². The minimum Gasteiger partial charge on any atom is -0.494 e. The Kier molecular flexibility index (Phi) is 5.73. The van der Waals surface area contributed by atoms with E-state index in [1.807, 2.05) is 31.2 Å². The van der Waals surface area contributed by atoms with Crippen LogP contribution in [0, 0.1) is 0 Å². The molecule has 162 valence electrons. The van der Waals surface area contributed by atoms with Crippen molar-refractivity contribution in [3.63, 3.8) is 0 Å². The summed E-state index contributed by atoms with van der Waals surface area (Å²) < 4.78 is 11.1. The van der Waals surface area contributed by atoms with E-state index >= 15 is 0 Å². The number of aromatic amines is 2. The first-order valence-corrected chi connectivity index (χ1v) is 10.9. The van der Waals surface area contributed by atoms with Gasteiger partial charge in [-0.2, -0.15) is 5.10 Å². The van der Waals surface area contributed by atoms with Gasteiger partial charge in [-0.1, -0.05) is 0 Å². The zero-order chi connectivity index (χ0) is 21.0. The third kappa shape index (κ3) is 4.35. The molecule has 8 heteroatoms. The number of fused-ring (bicyclic) bond motifs is 2. The van der Waals surface area contributed by atoms with E-state index in [9.17, 15) is 0 Å². The number of nitrogens with one attached hydrogen (secondary N) is 3. The van der Waals surface area contributed by atoms with Crippen molar-refractivity contribution in [3.8, 4) is 17.3 Å². The van der Waals surface area contributed by atoms with Crippen molar-refractivity contribution in [3.05, 3.63) is 36.4 Å². The molecule has 0 unspecified atom stereocenters. The molecular weight excluding hydrogens is 392 g/mol. The van der Waals surface area contributed by atoms with Crippen LogP contribution >= 0.6 is 0 Å². The van der Waals surface area contributed by atoms with Crippen LogP contribution in [0.5, 0.6) is 5.75 Å². The number of hydrogen-bond acceptors (Lipinski definition) is 6. The third-order valence-corrected chi connectivity index (χ3v) is 5.64. The summed E-state index contributed by atoms with van der Waals surface area (Å²) in [5, 5.41) is 12.1. The van der Waals surface area contributed by atoms with Crippen LogP contribution in [0.4, 0.5) is 5.69 Å². The fourth-order valence-electron chi connectivity index (χ4n) is 4.02. The molecule has 4 aromatic rings. The highest BCUT2D eigenvalue weighted by Crippen LogP contribution is 2.29. The first-order valence-electron chi connectivity index (χ1n) is 10.9. The monoisotopic (exact) mass is 420 g/mol. The van der Waals surface area contributed by atoms with Crippen molar-refractivity contribution in [2.45, 2.75) is 13.3 Å². The number of anilines is 1. The normalized spacial score (nSPS) is 15.0. The van der Waals surface area contributed by atoms with Crippen LogP contribution in [-0.2, 0) is 4.74 Å². The highest BCUT2D eigenvalue weighted by molar-refractivity contribution is 5.94. The summed E-state index contributed by atoms with van der Waals surface area (Å²) >= 11 is 0. The second-order valence-corrected chi connectivity index (χ2v) is 7.76. The summed E-state index contributed by atoms with van der Waals surface area (Å²) in [5.74, 6) is 1.58. The molecule has 0 amide bonds. The zero-order valence-electron chi connectivity index (χ0n) is 17.8. The first-order chi connectivity index (χ1) is 15.3. The van der Waals surface area contributed by atoms with Gasteiger partial charge in [-0.25, -0.2) is 4.98 Å². The molecule has 0 saturated carbocycles. The number of morpholine rings is 1. The lowest BCUT2D eigenvalue weighted by molar-refractivity contribution is 0.0378. The smallest absolute Gasteiger partial charge is 0.159 e. The molecule has 0 atom stereocenters. The van der Waals surface area contributed by atoms with E-state index in [-0.39, 0.29) is 0 Å². The zero-order valence-corrected chi connectivity index (χ0v) is 17.8. The van der Waals surface area contributed by atoms with Crippen LogP contribution in [0.2, 0.25) is 0 Å². The lowest BCUT2D eigenvalue weighted by Gasteiger charge is -2.26. The molecule has 3 heterocycles. The average molecular weight is 421 g/mol. The standard InChI is InChI=1S/C23H28N6O2/c1-2-31-17-5-7-19-18(15-17)22(28-27-19)23-25-20-6-4-16(14-21(20)26-23)24-8-3-9-29-10-12-30-13-11-29/h4-7,14-15,24H,2-3,8-13H2,1H3,(H,25,26)(H,27,28). The SMILES string of the molecule is CCOc1ccc2[nH]nc(-c3nc4ccc(NCCCN5CCOCC5)cc4[nH]3)c2c1. The third-order valence-electron chi connectivity index (χ3n) is 5.64. The van der Waals surface area contributed by atoms with Gasteiger partial charge in [0.05, 0.1) is 36.4 Å². The summed E-state index contributed by atoms with van der Waals surface area (Å²) in [5.41, 5.74) is 4.76. The Morgan fingerprint density at radius 1 is 1.13 bits per heavy atom.